The molecule has 0 bridgehead atoms. The van der Waals surface area contributed by atoms with Crippen LogP contribution in [0.5, 0.6) is 5.75 Å². The molecule has 3 heteroatoms. The molecule has 1 N–H and O–H groups in total. The van der Waals surface area contributed by atoms with E-state index in [1.807, 2.05) is 37.7 Å². The molecule has 0 aromatic heterocycles. The number of thioether (sulfide) groups is 1. The predicted molar refractivity (Wildman–Crippen MR) is 76.9 cm³/mol. The van der Waals surface area contributed by atoms with Gasteiger partial charge >= 0.3 is 0 Å². The van der Waals surface area contributed by atoms with E-state index in [4.69, 9.17) is 4.74 Å². The molecule has 1 atom stereocenters. The predicted octanol–water partition coefficient (Wildman–Crippen LogP) is 3.31. The van der Waals surface area contributed by atoms with Crippen LogP contribution in [-0.4, -0.2) is 24.2 Å². The van der Waals surface area contributed by atoms with E-state index >= 15 is 0 Å². The maximum Gasteiger partial charge on any atom is 0.120 e. The molecule has 0 saturated heterocycles. The van der Waals surface area contributed by atoms with Crippen LogP contribution in [0.4, 0.5) is 0 Å². The fourth-order valence-electron chi connectivity index (χ4n) is 1.60. The van der Waals surface area contributed by atoms with E-state index in [2.05, 4.69) is 30.6 Å². The summed E-state index contributed by atoms with van der Waals surface area (Å²) in [6.07, 6.45) is 2.36. The summed E-state index contributed by atoms with van der Waals surface area (Å²) in [5.74, 6) is 2.10. The molecular formula is C14H23NOS. The van der Waals surface area contributed by atoms with Crippen molar-refractivity contribution in [2.24, 2.45) is 0 Å². The fraction of sp³-hybridized carbons (Fsp3) is 0.571. The largest absolute Gasteiger partial charge is 0.491 e. The molecular weight excluding hydrogens is 230 g/mol. The first-order valence-corrected chi connectivity index (χ1v) is 7.49. The summed E-state index contributed by atoms with van der Waals surface area (Å²) in [7, 11) is 0. The van der Waals surface area contributed by atoms with Crippen molar-refractivity contribution in [3.05, 3.63) is 29.8 Å². The highest BCUT2D eigenvalue weighted by Gasteiger charge is 2.02. The van der Waals surface area contributed by atoms with Crippen LogP contribution < -0.4 is 10.1 Å². The summed E-state index contributed by atoms with van der Waals surface area (Å²) >= 11 is 1.87. The fourth-order valence-corrected chi connectivity index (χ4v) is 2.22. The van der Waals surface area contributed by atoms with Crippen molar-refractivity contribution >= 4 is 11.8 Å². The van der Waals surface area contributed by atoms with Crippen molar-refractivity contribution < 1.29 is 4.74 Å². The summed E-state index contributed by atoms with van der Waals surface area (Å²) < 4.78 is 5.68. The Labute approximate surface area is 109 Å². The van der Waals surface area contributed by atoms with E-state index in [0.29, 0.717) is 6.04 Å². The van der Waals surface area contributed by atoms with Crippen molar-refractivity contribution in [3.63, 3.8) is 0 Å². The summed E-state index contributed by atoms with van der Waals surface area (Å²) in [6.45, 7) is 7.21. The Morgan fingerprint density at radius 1 is 1.29 bits per heavy atom. The van der Waals surface area contributed by atoms with Gasteiger partial charge in [-0.3, -0.25) is 0 Å². The van der Waals surface area contributed by atoms with Gasteiger partial charge < -0.3 is 10.1 Å². The Bertz CT molecular complexity index is 328. The lowest BCUT2D eigenvalue weighted by molar-refractivity contribution is 0.242. The number of benzene rings is 1. The van der Waals surface area contributed by atoms with Gasteiger partial charge in [0.1, 0.15) is 5.75 Å². The lowest BCUT2D eigenvalue weighted by Gasteiger charge is -2.14. The monoisotopic (exact) mass is 253 g/mol. The van der Waals surface area contributed by atoms with Gasteiger partial charge in [-0.1, -0.05) is 12.1 Å². The quantitative estimate of drug-likeness (QED) is 0.805. The molecule has 0 aliphatic carbocycles. The van der Waals surface area contributed by atoms with Gasteiger partial charge in [0, 0.05) is 18.3 Å². The molecule has 0 amide bonds. The number of rotatable bonds is 7. The molecule has 1 aromatic rings. The maximum atomic E-state index is 5.68. The Balaban J connectivity index is 2.48. The zero-order valence-electron chi connectivity index (χ0n) is 11.2. The third kappa shape index (κ3) is 5.99. The average molecular weight is 253 g/mol. The van der Waals surface area contributed by atoms with Crippen LogP contribution in [0.2, 0.25) is 0 Å². The molecule has 0 saturated carbocycles. The molecule has 17 heavy (non-hydrogen) atoms. The van der Waals surface area contributed by atoms with Crippen LogP contribution in [0, 0.1) is 0 Å². The molecule has 0 radical (unpaired) electrons. The van der Waals surface area contributed by atoms with Gasteiger partial charge in [0.2, 0.25) is 0 Å². The highest BCUT2D eigenvalue weighted by molar-refractivity contribution is 7.98. The number of hydrogen-bond donors (Lipinski definition) is 1. The Hall–Kier alpha value is -0.670. The van der Waals surface area contributed by atoms with Crippen molar-refractivity contribution in [2.45, 2.75) is 39.5 Å². The third-order valence-corrected chi connectivity index (χ3v) is 3.17. The standard InChI is InChI=1S/C14H23NOS/c1-11(2)16-14-7-5-6-13(8-14)9-15-12(3)10-17-4/h5-8,11-12,15H,9-10H2,1-4H3. The minimum absolute atomic E-state index is 0.230. The van der Waals surface area contributed by atoms with E-state index in [1.165, 1.54) is 5.56 Å². The second-order valence-electron chi connectivity index (χ2n) is 4.55. The van der Waals surface area contributed by atoms with Crippen molar-refractivity contribution in [3.8, 4) is 5.75 Å². The van der Waals surface area contributed by atoms with Crippen molar-refractivity contribution in [1.82, 2.24) is 5.32 Å². The van der Waals surface area contributed by atoms with E-state index in [-0.39, 0.29) is 6.10 Å². The molecule has 0 heterocycles. The summed E-state index contributed by atoms with van der Waals surface area (Å²) in [4.78, 5) is 0. The Morgan fingerprint density at radius 2 is 2.06 bits per heavy atom. The second kappa shape index (κ2) is 7.62. The molecule has 2 nitrogen and oxygen atoms in total. The first-order valence-electron chi connectivity index (χ1n) is 6.09. The van der Waals surface area contributed by atoms with Crippen LogP contribution in [0.15, 0.2) is 24.3 Å². The minimum atomic E-state index is 0.230. The molecule has 96 valence electrons. The van der Waals surface area contributed by atoms with Crippen LogP contribution in [0.1, 0.15) is 26.3 Å². The topological polar surface area (TPSA) is 21.3 Å². The smallest absolute Gasteiger partial charge is 0.120 e. The number of ether oxygens (including phenoxy) is 1. The Kier molecular flexibility index (Phi) is 6.45. The summed E-state index contributed by atoms with van der Waals surface area (Å²) in [5.41, 5.74) is 1.27. The summed E-state index contributed by atoms with van der Waals surface area (Å²) in [6, 6.07) is 8.84. The number of nitrogens with one attached hydrogen (secondary N) is 1. The van der Waals surface area contributed by atoms with E-state index in [0.717, 1.165) is 18.0 Å². The number of hydrogen-bond acceptors (Lipinski definition) is 3. The van der Waals surface area contributed by atoms with E-state index in [9.17, 15) is 0 Å². The molecule has 1 unspecified atom stereocenters. The first-order chi connectivity index (χ1) is 8.11. The first kappa shape index (κ1) is 14.4. The van der Waals surface area contributed by atoms with E-state index in [1.54, 1.807) is 0 Å². The van der Waals surface area contributed by atoms with Crippen LogP contribution >= 0.6 is 11.8 Å². The van der Waals surface area contributed by atoms with E-state index < -0.39 is 0 Å². The zero-order valence-corrected chi connectivity index (χ0v) is 12.0. The maximum absolute atomic E-state index is 5.68. The highest BCUT2D eigenvalue weighted by Crippen LogP contribution is 2.15. The lowest BCUT2D eigenvalue weighted by atomic mass is 10.2. The highest BCUT2D eigenvalue weighted by atomic mass is 32.2. The average Bonchev–Trinajstić information content (AvgIpc) is 2.26. The van der Waals surface area contributed by atoms with Gasteiger partial charge in [-0.25, -0.2) is 0 Å². The van der Waals surface area contributed by atoms with Gasteiger partial charge in [0.15, 0.2) is 0 Å². The lowest BCUT2D eigenvalue weighted by Crippen LogP contribution is -2.27. The molecule has 0 aliphatic heterocycles. The van der Waals surface area contributed by atoms with Crippen LogP contribution in [-0.2, 0) is 6.54 Å². The van der Waals surface area contributed by atoms with Crippen LogP contribution in [0.25, 0.3) is 0 Å². The summed E-state index contributed by atoms with van der Waals surface area (Å²) in [5, 5.41) is 3.50. The molecule has 0 aliphatic rings. The molecule has 0 spiro atoms. The molecule has 0 fully saturated rings. The van der Waals surface area contributed by atoms with Crippen molar-refractivity contribution in [2.75, 3.05) is 12.0 Å². The van der Waals surface area contributed by atoms with Gasteiger partial charge in [0.25, 0.3) is 0 Å². The van der Waals surface area contributed by atoms with Gasteiger partial charge in [-0.2, -0.15) is 11.8 Å². The van der Waals surface area contributed by atoms with Crippen molar-refractivity contribution in [1.29, 1.82) is 0 Å². The van der Waals surface area contributed by atoms with Crippen LogP contribution in [0.3, 0.4) is 0 Å². The Morgan fingerprint density at radius 3 is 2.71 bits per heavy atom. The second-order valence-corrected chi connectivity index (χ2v) is 5.46. The minimum Gasteiger partial charge on any atom is -0.491 e. The normalized spacial score (nSPS) is 12.8. The van der Waals surface area contributed by atoms with Gasteiger partial charge in [-0.05, 0) is 44.7 Å². The molecule has 1 aromatic carbocycles. The zero-order chi connectivity index (χ0) is 12.7. The van der Waals surface area contributed by atoms with Gasteiger partial charge in [0.05, 0.1) is 6.10 Å². The molecule has 1 rings (SSSR count). The van der Waals surface area contributed by atoms with Gasteiger partial charge in [-0.15, -0.1) is 0 Å². The SMILES string of the molecule is CSCC(C)NCc1cccc(OC(C)C)c1. The third-order valence-electron chi connectivity index (χ3n) is 2.34.